The van der Waals surface area contributed by atoms with E-state index in [0.717, 1.165) is 34.6 Å². The largest absolute Gasteiger partial charge is 0.508 e. The monoisotopic (exact) mass is 656 g/mol. The molecule has 0 rings (SSSR count). The van der Waals surface area contributed by atoms with Crippen LogP contribution >= 0.6 is 0 Å². The highest BCUT2D eigenvalue weighted by molar-refractivity contribution is 5.77. The van der Waals surface area contributed by atoms with Crippen LogP contribution < -0.4 is 0 Å². The molecule has 0 saturated carbocycles. The van der Waals surface area contributed by atoms with E-state index in [0.29, 0.717) is 0 Å². The van der Waals surface area contributed by atoms with Gasteiger partial charge in [0.1, 0.15) is 67.9 Å². The lowest BCUT2D eigenvalue weighted by molar-refractivity contribution is -0.160. The summed E-state index contributed by atoms with van der Waals surface area (Å²) in [6.07, 6.45) is -4.55. The van der Waals surface area contributed by atoms with Gasteiger partial charge in [-0.15, -0.1) is 0 Å². The molecule has 0 amide bonds. The van der Waals surface area contributed by atoms with Crippen molar-refractivity contribution in [3.05, 3.63) is 0 Å². The molecule has 4 atom stereocenters. The van der Waals surface area contributed by atoms with Crippen LogP contribution in [0.15, 0.2) is 0 Å². The lowest BCUT2D eigenvalue weighted by Gasteiger charge is -2.26. The summed E-state index contributed by atoms with van der Waals surface area (Å²) < 4.78 is 32.7. The van der Waals surface area contributed by atoms with Gasteiger partial charge < -0.3 is 58.7 Å². The maximum atomic E-state index is 12.1. The third-order valence-corrected chi connectivity index (χ3v) is 6.06. The second-order valence-corrected chi connectivity index (χ2v) is 10.9. The topological polar surface area (TPSA) is 302 Å². The van der Waals surface area contributed by atoms with Gasteiger partial charge in [-0.05, 0) is 27.7 Å². The van der Waals surface area contributed by atoms with Crippen molar-refractivity contribution in [2.24, 2.45) is 21.7 Å². The van der Waals surface area contributed by atoms with E-state index >= 15 is 0 Å². The van der Waals surface area contributed by atoms with E-state index < -0.39 is 123 Å². The Hall–Kier alpha value is -4.88. The van der Waals surface area contributed by atoms with E-state index in [1.54, 1.807) is 0 Å². The van der Waals surface area contributed by atoms with Crippen LogP contribution in [0.25, 0.3) is 0 Å². The van der Waals surface area contributed by atoms with Gasteiger partial charge in [0, 0.05) is 6.92 Å². The molecule has 0 aliphatic rings. The third-order valence-electron chi connectivity index (χ3n) is 6.06. The maximum Gasteiger partial charge on any atom is 0.508 e. The molecule has 20 heteroatoms. The number of aliphatic carboxylic acids is 4. The second kappa shape index (κ2) is 16.8. The molecule has 0 aromatic rings. The predicted molar refractivity (Wildman–Crippen MR) is 139 cm³/mol. The van der Waals surface area contributed by atoms with Gasteiger partial charge in [-0.1, -0.05) is 0 Å². The minimum atomic E-state index is -2.10. The predicted octanol–water partition coefficient (Wildman–Crippen LogP) is 0.365. The van der Waals surface area contributed by atoms with E-state index in [1.165, 1.54) is 0 Å². The Kier molecular flexibility index (Phi) is 15.0. The molecule has 0 heterocycles. The standard InChI is InChI=1S/C25H36O20/c1-14(27)39-8-23(3,16(30)31)9-41-20(37)43-12-25(5,18(34)35)13-45-21(38)44-11-24(4,17(32)33)10-42-19(36)40-7-22(2,6-26)15(28)29/h26H,6-13H2,1-5H3,(H,28,29)(H,30,31)(H,32,33)(H,34,35). The van der Waals surface area contributed by atoms with E-state index in [2.05, 4.69) is 14.2 Å². The van der Waals surface area contributed by atoms with Gasteiger partial charge in [0.05, 0.1) is 6.61 Å². The van der Waals surface area contributed by atoms with Gasteiger partial charge in [-0.3, -0.25) is 24.0 Å². The van der Waals surface area contributed by atoms with Crippen molar-refractivity contribution in [3.8, 4) is 0 Å². The molecular weight excluding hydrogens is 620 g/mol. The van der Waals surface area contributed by atoms with Crippen molar-refractivity contribution in [1.82, 2.24) is 0 Å². The molecule has 45 heavy (non-hydrogen) atoms. The summed E-state index contributed by atoms with van der Waals surface area (Å²) in [6.45, 7) is -1.83. The number of hydrogen-bond acceptors (Lipinski definition) is 16. The molecule has 0 fully saturated rings. The maximum absolute atomic E-state index is 12.1. The van der Waals surface area contributed by atoms with Crippen LogP contribution in [0.5, 0.6) is 0 Å². The molecule has 4 unspecified atom stereocenters. The fourth-order valence-corrected chi connectivity index (χ4v) is 2.37. The molecule has 0 aliphatic carbocycles. The molecule has 20 nitrogen and oxygen atoms in total. The summed E-state index contributed by atoms with van der Waals surface area (Å²) in [7, 11) is 0. The zero-order valence-electron chi connectivity index (χ0n) is 25.0. The zero-order chi connectivity index (χ0) is 35.2. The average molecular weight is 657 g/mol. The Balaban J connectivity index is 5.03. The van der Waals surface area contributed by atoms with E-state index in [4.69, 9.17) is 29.2 Å². The first-order valence-electron chi connectivity index (χ1n) is 12.6. The Morgan fingerprint density at radius 3 is 0.800 bits per heavy atom. The average Bonchev–Trinajstić information content (AvgIpc) is 2.96. The first-order valence-corrected chi connectivity index (χ1v) is 12.6. The molecule has 5 N–H and O–H groups in total. The first kappa shape index (κ1) is 40.1. The summed E-state index contributed by atoms with van der Waals surface area (Å²) in [5.74, 6) is -7.00. The summed E-state index contributed by atoms with van der Waals surface area (Å²) in [6, 6.07) is 0. The van der Waals surface area contributed by atoms with Gasteiger partial charge in [-0.25, -0.2) is 14.4 Å². The number of carbonyl (C=O) groups is 8. The van der Waals surface area contributed by atoms with Crippen LogP contribution in [-0.2, 0) is 57.1 Å². The number of carboxylic acids is 4. The number of hydrogen-bond donors (Lipinski definition) is 5. The molecular formula is C25H36O20. The van der Waals surface area contributed by atoms with E-state index in [9.17, 15) is 53.7 Å². The number of ether oxygens (including phenoxy) is 7. The van der Waals surface area contributed by atoms with Crippen molar-refractivity contribution in [2.45, 2.75) is 34.6 Å². The lowest BCUT2D eigenvalue weighted by Crippen LogP contribution is -2.42. The molecule has 256 valence electrons. The van der Waals surface area contributed by atoms with Crippen molar-refractivity contribution in [3.63, 3.8) is 0 Å². The summed E-state index contributed by atoms with van der Waals surface area (Å²) >= 11 is 0. The van der Waals surface area contributed by atoms with Crippen LogP contribution in [-0.4, -0.2) is 127 Å². The van der Waals surface area contributed by atoms with Crippen LogP contribution in [0.1, 0.15) is 34.6 Å². The first-order chi connectivity index (χ1) is 20.6. The van der Waals surface area contributed by atoms with Crippen molar-refractivity contribution < 1.29 is 97.0 Å². The molecule has 0 aromatic heterocycles. The summed E-state index contributed by atoms with van der Waals surface area (Å²) in [5, 5.41) is 46.5. The van der Waals surface area contributed by atoms with Gasteiger partial charge in [0.25, 0.3) is 0 Å². The fraction of sp³-hybridized carbons (Fsp3) is 0.680. The van der Waals surface area contributed by atoms with Crippen molar-refractivity contribution in [1.29, 1.82) is 0 Å². The molecule has 0 aromatic carbocycles. The summed E-state index contributed by atoms with van der Waals surface area (Å²) in [5.41, 5.74) is -7.90. The normalized spacial score (nSPS) is 16.0. The molecule has 0 saturated heterocycles. The Bertz CT molecular complexity index is 1130. The quantitative estimate of drug-likeness (QED) is 0.0925. The molecule has 0 bridgehead atoms. The Labute approximate surface area is 255 Å². The second-order valence-electron chi connectivity index (χ2n) is 10.9. The van der Waals surface area contributed by atoms with Gasteiger partial charge in [-0.2, -0.15) is 0 Å². The van der Waals surface area contributed by atoms with Gasteiger partial charge in [0.2, 0.25) is 0 Å². The van der Waals surface area contributed by atoms with Gasteiger partial charge in [0.15, 0.2) is 0 Å². The van der Waals surface area contributed by atoms with Crippen LogP contribution in [0.4, 0.5) is 14.4 Å². The lowest BCUT2D eigenvalue weighted by atomic mass is 9.93. The highest BCUT2D eigenvalue weighted by Crippen LogP contribution is 2.23. The number of rotatable bonds is 19. The van der Waals surface area contributed by atoms with Crippen LogP contribution in [0.2, 0.25) is 0 Å². The molecule has 0 radical (unpaired) electrons. The number of aliphatic hydroxyl groups excluding tert-OH is 1. The van der Waals surface area contributed by atoms with Crippen LogP contribution in [0, 0.1) is 21.7 Å². The molecule has 0 aliphatic heterocycles. The third kappa shape index (κ3) is 13.1. The smallest absolute Gasteiger partial charge is 0.481 e. The number of esters is 1. The van der Waals surface area contributed by atoms with Crippen molar-refractivity contribution >= 4 is 48.3 Å². The van der Waals surface area contributed by atoms with E-state index in [-0.39, 0.29) is 0 Å². The molecule has 0 spiro atoms. The number of carboxylic acid groups (broad SMARTS) is 4. The number of carbonyl (C=O) groups excluding carboxylic acids is 4. The highest BCUT2D eigenvalue weighted by Gasteiger charge is 2.41. The highest BCUT2D eigenvalue weighted by atomic mass is 16.7. The van der Waals surface area contributed by atoms with Crippen molar-refractivity contribution in [2.75, 3.05) is 52.9 Å². The SMILES string of the molecule is CC(=O)OCC(C)(COC(=O)OCC(C)(COC(=O)OCC(C)(COC(=O)OCC(C)(CO)C(=O)O)C(=O)O)C(=O)O)C(=O)O. The minimum absolute atomic E-state index is 0.651. The summed E-state index contributed by atoms with van der Waals surface area (Å²) in [4.78, 5) is 92.9. The zero-order valence-corrected chi connectivity index (χ0v) is 25.0. The minimum Gasteiger partial charge on any atom is -0.481 e. The fourth-order valence-electron chi connectivity index (χ4n) is 2.37. The van der Waals surface area contributed by atoms with Crippen LogP contribution in [0.3, 0.4) is 0 Å². The Morgan fingerprint density at radius 1 is 0.422 bits per heavy atom. The number of aliphatic hydroxyl groups is 1. The Morgan fingerprint density at radius 2 is 0.622 bits per heavy atom. The van der Waals surface area contributed by atoms with Gasteiger partial charge >= 0.3 is 48.3 Å². The van der Waals surface area contributed by atoms with E-state index in [1.807, 2.05) is 0 Å².